The topological polar surface area (TPSA) is 83.4 Å². The average molecular weight is 675 g/mol. The van der Waals surface area contributed by atoms with Gasteiger partial charge in [-0.1, -0.05) is 36.9 Å². The first-order valence-corrected chi connectivity index (χ1v) is 17.2. The Hall–Kier alpha value is -3.96. The average Bonchev–Trinajstić information content (AvgIpc) is 3.08. The molecule has 2 aliphatic heterocycles. The largest absolute Gasteiger partial charge is 0.489 e. The molecule has 3 aromatic rings. The Kier molecular flexibility index (Phi) is 12.5. The van der Waals surface area contributed by atoms with E-state index in [2.05, 4.69) is 40.5 Å². The number of amides is 1. The highest BCUT2D eigenvalue weighted by Crippen LogP contribution is 2.28. The van der Waals surface area contributed by atoms with Crippen LogP contribution in [0.2, 0.25) is 0 Å². The maximum atomic E-state index is 14.3. The number of allylic oxidation sites excluding steroid dienone is 4. The number of carbonyl (C=O) groups excluding carboxylic acids is 1. The van der Waals surface area contributed by atoms with E-state index in [1.54, 1.807) is 28.9 Å². The number of carbonyl (C=O) groups is 1. The lowest BCUT2D eigenvalue weighted by Gasteiger charge is -2.35. The molecule has 0 bridgehead atoms. The third kappa shape index (κ3) is 9.14. The van der Waals surface area contributed by atoms with E-state index in [0.29, 0.717) is 72.5 Å². The number of ether oxygens (including phenoxy) is 2. The monoisotopic (exact) mass is 674 g/mol. The van der Waals surface area contributed by atoms with Gasteiger partial charge in [-0.3, -0.25) is 24.0 Å². The number of alkyl halides is 1. The van der Waals surface area contributed by atoms with Crippen LogP contribution in [0.4, 0.5) is 0 Å². The molecule has 0 saturated carbocycles. The number of halogens is 1. The molecule has 1 aromatic heterocycles. The zero-order valence-electron chi connectivity index (χ0n) is 28.3. The van der Waals surface area contributed by atoms with Crippen molar-refractivity contribution in [1.82, 2.24) is 29.2 Å². The first-order valence-electron chi connectivity index (χ1n) is 16.7. The van der Waals surface area contributed by atoms with Crippen LogP contribution in [-0.4, -0.2) is 113 Å². The third-order valence-corrected chi connectivity index (χ3v) is 8.76. The van der Waals surface area contributed by atoms with E-state index in [1.165, 1.54) is 0 Å². The summed E-state index contributed by atoms with van der Waals surface area (Å²) < 4.78 is 13.7. The quantitative estimate of drug-likeness (QED) is 0.150. The first kappa shape index (κ1) is 35.3. The number of rotatable bonds is 13. The maximum Gasteiger partial charge on any atom is 0.266 e. The molecular formula is C37H47ClN6O4. The van der Waals surface area contributed by atoms with Gasteiger partial charge in [0.2, 0.25) is 0 Å². The lowest BCUT2D eigenvalue weighted by Crippen LogP contribution is -2.49. The fourth-order valence-corrected chi connectivity index (χ4v) is 6.10. The van der Waals surface area contributed by atoms with Crippen molar-refractivity contribution < 1.29 is 14.3 Å². The minimum Gasteiger partial charge on any atom is -0.489 e. The van der Waals surface area contributed by atoms with Crippen LogP contribution in [0.25, 0.3) is 16.6 Å². The molecule has 5 rings (SSSR count). The fraction of sp³-hybridized carbons (Fsp3) is 0.432. The van der Waals surface area contributed by atoms with E-state index in [4.69, 9.17) is 26.1 Å². The molecule has 2 fully saturated rings. The molecule has 1 amide bonds. The predicted molar refractivity (Wildman–Crippen MR) is 192 cm³/mol. The van der Waals surface area contributed by atoms with Gasteiger partial charge in [-0.15, -0.1) is 11.6 Å². The molecule has 2 aromatic carbocycles. The van der Waals surface area contributed by atoms with Crippen LogP contribution < -0.4 is 10.3 Å². The second kappa shape index (κ2) is 16.9. The summed E-state index contributed by atoms with van der Waals surface area (Å²) in [4.78, 5) is 41.2. The molecule has 0 radical (unpaired) electrons. The van der Waals surface area contributed by atoms with Crippen molar-refractivity contribution in [2.75, 3.05) is 71.9 Å². The Bertz CT molecular complexity index is 1690. The highest BCUT2D eigenvalue weighted by molar-refractivity contribution is 6.18. The standard InChI is InChI=1S/C37H47ClN6O4/c1-5-9-30(10-8-15-38)47-27-36(45)43-22-20-42(21-23-43)26-35-39-32-12-7-6-11-31(32)37(46)44(35)33-24-29(13-14-34(33)48-28(2)3)25-41-18-16-40(4)17-19-41/h5-14,24,28H,1,15-23,25-27H2,2-4H3/b10-8-,30-9+. The van der Waals surface area contributed by atoms with Crippen molar-refractivity contribution in [1.29, 1.82) is 0 Å². The smallest absolute Gasteiger partial charge is 0.266 e. The number of hydrogen-bond acceptors (Lipinski definition) is 8. The van der Waals surface area contributed by atoms with Crippen LogP contribution in [0.5, 0.6) is 5.75 Å². The molecule has 2 saturated heterocycles. The SMILES string of the molecule is C=C/C=C(\C=C/CCl)OCC(=O)N1CCN(Cc2nc3ccccc3c(=O)n2-c2cc(CN3CCN(C)CC3)ccc2OC(C)C)CC1. The Morgan fingerprint density at radius 3 is 2.42 bits per heavy atom. The maximum absolute atomic E-state index is 14.3. The van der Waals surface area contributed by atoms with Crippen LogP contribution in [0.1, 0.15) is 25.2 Å². The van der Waals surface area contributed by atoms with Gasteiger partial charge in [-0.25, -0.2) is 4.98 Å². The van der Waals surface area contributed by atoms with Gasteiger partial charge in [0, 0.05) is 64.8 Å². The summed E-state index contributed by atoms with van der Waals surface area (Å²) in [5, 5.41) is 0.558. The highest BCUT2D eigenvalue weighted by atomic mass is 35.5. The van der Waals surface area contributed by atoms with Crippen molar-refractivity contribution in [3.8, 4) is 11.4 Å². The molecule has 0 atom stereocenters. The van der Waals surface area contributed by atoms with Crippen molar-refractivity contribution >= 4 is 28.4 Å². The molecule has 0 N–H and O–H groups in total. The van der Waals surface area contributed by atoms with Crippen LogP contribution in [0.15, 0.2) is 83.9 Å². The van der Waals surface area contributed by atoms with Crippen LogP contribution in [-0.2, 0) is 22.6 Å². The second-order valence-electron chi connectivity index (χ2n) is 12.5. The molecule has 256 valence electrons. The highest BCUT2D eigenvalue weighted by Gasteiger charge is 2.25. The molecular weight excluding hydrogens is 628 g/mol. The Morgan fingerprint density at radius 1 is 1.00 bits per heavy atom. The summed E-state index contributed by atoms with van der Waals surface area (Å²) in [5.41, 5.74) is 2.35. The molecule has 0 spiro atoms. The Morgan fingerprint density at radius 2 is 1.71 bits per heavy atom. The van der Waals surface area contributed by atoms with Crippen LogP contribution >= 0.6 is 11.6 Å². The summed E-state index contributed by atoms with van der Waals surface area (Å²) in [6, 6.07) is 13.7. The number of fused-ring (bicyclic) bond motifs is 1. The number of aromatic nitrogens is 2. The van der Waals surface area contributed by atoms with Crippen molar-refractivity contribution in [3.63, 3.8) is 0 Å². The number of hydrogen-bond donors (Lipinski definition) is 0. The number of likely N-dealkylation sites (N-methyl/N-ethyl adjacent to an activating group) is 1. The second-order valence-corrected chi connectivity index (χ2v) is 12.8. The minimum atomic E-state index is -0.126. The van der Waals surface area contributed by atoms with E-state index in [-0.39, 0.29) is 24.2 Å². The number of piperazine rings is 2. The van der Waals surface area contributed by atoms with Gasteiger partial charge < -0.3 is 19.3 Å². The van der Waals surface area contributed by atoms with Crippen molar-refractivity contribution in [2.45, 2.75) is 33.0 Å². The van der Waals surface area contributed by atoms with Gasteiger partial charge in [0.25, 0.3) is 11.5 Å². The van der Waals surface area contributed by atoms with E-state index < -0.39 is 0 Å². The Balaban J connectivity index is 1.39. The van der Waals surface area contributed by atoms with E-state index in [0.717, 1.165) is 38.3 Å². The Labute approximate surface area is 288 Å². The van der Waals surface area contributed by atoms with E-state index >= 15 is 0 Å². The summed E-state index contributed by atoms with van der Waals surface area (Å²) in [6.07, 6.45) is 6.72. The zero-order chi connectivity index (χ0) is 34.0. The van der Waals surface area contributed by atoms with E-state index in [1.807, 2.05) is 49.1 Å². The fourth-order valence-electron chi connectivity index (χ4n) is 6.01. The normalized spacial score (nSPS) is 17.0. The summed E-state index contributed by atoms with van der Waals surface area (Å²) in [6.45, 7) is 15.3. The van der Waals surface area contributed by atoms with Gasteiger partial charge >= 0.3 is 0 Å². The van der Waals surface area contributed by atoms with Gasteiger partial charge in [0.1, 0.15) is 17.3 Å². The zero-order valence-corrected chi connectivity index (χ0v) is 29.1. The lowest BCUT2D eigenvalue weighted by atomic mass is 10.1. The molecule has 2 aliphatic rings. The molecule has 10 nitrogen and oxygen atoms in total. The molecule has 3 heterocycles. The minimum absolute atomic E-state index is 0.0683. The number of benzene rings is 2. The molecule has 48 heavy (non-hydrogen) atoms. The third-order valence-electron chi connectivity index (χ3n) is 8.58. The van der Waals surface area contributed by atoms with Gasteiger partial charge in [0.15, 0.2) is 6.61 Å². The molecule has 0 unspecified atom stereocenters. The first-order chi connectivity index (χ1) is 23.2. The van der Waals surface area contributed by atoms with Gasteiger partial charge in [-0.2, -0.15) is 0 Å². The lowest BCUT2D eigenvalue weighted by molar-refractivity contribution is -0.136. The van der Waals surface area contributed by atoms with Crippen molar-refractivity contribution in [2.24, 2.45) is 0 Å². The van der Waals surface area contributed by atoms with E-state index in [9.17, 15) is 9.59 Å². The van der Waals surface area contributed by atoms with Gasteiger partial charge in [0.05, 0.1) is 29.2 Å². The van der Waals surface area contributed by atoms with Crippen molar-refractivity contribution in [3.05, 3.63) is 101 Å². The van der Waals surface area contributed by atoms with Crippen LogP contribution in [0, 0.1) is 0 Å². The predicted octanol–water partition coefficient (Wildman–Crippen LogP) is 4.45. The number of para-hydroxylation sites is 1. The molecule has 11 heteroatoms. The summed E-state index contributed by atoms with van der Waals surface area (Å²) in [7, 11) is 2.15. The summed E-state index contributed by atoms with van der Waals surface area (Å²) >= 11 is 5.75. The van der Waals surface area contributed by atoms with Gasteiger partial charge in [-0.05, 0) is 62.9 Å². The summed E-state index contributed by atoms with van der Waals surface area (Å²) in [5.74, 6) is 2.08. The van der Waals surface area contributed by atoms with Crippen LogP contribution in [0.3, 0.4) is 0 Å². The number of nitrogens with zero attached hydrogens (tertiary/aromatic N) is 6. The molecule has 0 aliphatic carbocycles.